The van der Waals surface area contributed by atoms with Crippen molar-refractivity contribution < 1.29 is 17.6 Å². The monoisotopic (exact) mass is 304 g/mol. The Hall–Kier alpha value is -1.14. The van der Waals surface area contributed by atoms with Gasteiger partial charge in [-0.25, -0.2) is 4.39 Å². The Morgan fingerprint density at radius 1 is 1.19 bits per heavy atom. The number of alkyl halides is 3. The number of halogens is 4. The summed E-state index contributed by atoms with van der Waals surface area (Å²) in [5.74, 6) is -0.836. The van der Waals surface area contributed by atoms with Crippen LogP contribution < -0.4 is 5.32 Å². The normalized spacial score (nSPS) is 19.7. The molecular weight excluding hydrogens is 284 g/mol. The summed E-state index contributed by atoms with van der Waals surface area (Å²) in [6, 6.07) is 2.76. The zero-order valence-corrected chi connectivity index (χ0v) is 12.2. The maximum Gasteiger partial charge on any atom is 0.416 e. The number of piperidine rings is 1. The Morgan fingerprint density at radius 3 is 2.33 bits per heavy atom. The highest BCUT2D eigenvalue weighted by Gasteiger charge is 2.32. The third-order valence-corrected chi connectivity index (χ3v) is 4.25. The molecule has 2 rings (SSSR count). The lowest BCUT2D eigenvalue weighted by atomic mass is 9.89. The van der Waals surface area contributed by atoms with Crippen molar-refractivity contribution in [1.82, 2.24) is 10.2 Å². The number of hydrogen-bond donors (Lipinski definition) is 1. The van der Waals surface area contributed by atoms with E-state index in [-0.39, 0.29) is 5.54 Å². The highest BCUT2D eigenvalue weighted by molar-refractivity contribution is 5.26. The van der Waals surface area contributed by atoms with E-state index in [1.807, 2.05) is 7.05 Å². The fourth-order valence-corrected chi connectivity index (χ4v) is 2.62. The maximum absolute atomic E-state index is 13.4. The van der Waals surface area contributed by atoms with Gasteiger partial charge in [0.25, 0.3) is 0 Å². The van der Waals surface area contributed by atoms with Crippen molar-refractivity contribution in [3.8, 4) is 0 Å². The van der Waals surface area contributed by atoms with Gasteiger partial charge < -0.3 is 5.32 Å². The van der Waals surface area contributed by atoms with Crippen LogP contribution in [0.4, 0.5) is 17.6 Å². The van der Waals surface area contributed by atoms with Crippen LogP contribution in [0, 0.1) is 5.82 Å². The predicted octanol–water partition coefficient (Wildman–Crippen LogP) is 3.42. The number of benzene rings is 1. The van der Waals surface area contributed by atoms with Crippen molar-refractivity contribution in [2.24, 2.45) is 0 Å². The lowest BCUT2D eigenvalue weighted by Crippen LogP contribution is -2.49. The molecule has 0 spiro atoms. The molecule has 1 saturated heterocycles. The molecule has 1 aliphatic rings. The smallest absolute Gasteiger partial charge is 0.314 e. The third-order valence-electron chi connectivity index (χ3n) is 4.25. The molecule has 1 aliphatic heterocycles. The number of hydrogen-bond acceptors (Lipinski definition) is 2. The molecule has 0 atom stereocenters. The quantitative estimate of drug-likeness (QED) is 0.861. The van der Waals surface area contributed by atoms with Gasteiger partial charge in [0.15, 0.2) is 0 Å². The van der Waals surface area contributed by atoms with E-state index < -0.39 is 17.6 Å². The van der Waals surface area contributed by atoms with Crippen molar-refractivity contribution in [3.05, 3.63) is 35.1 Å². The van der Waals surface area contributed by atoms with Crippen LogP contribution in [0.3, 0.4) is 0 Å². The minimum Gasteiger partial charge on any atom is -0.314 e. The summed E-state index contributed by atoms with van der Waals surface area (Å²) >= 11 is 0. The molecule has 0 radical (unpaired) electrons. The molecule has 0 saturated carbocycles. The Kier molecular flexibility index (Phi) is 4.58. The second kappa shape index (κ2) is 5.93. The second-order valence-corrected chi connectivity index (χ2v) is 5.93. The number of nitrogens with one attached hydrogen (secondary N) is 1. The summed E-state index contributed by atoms with van der Waals surface area (Å²) in [7, 11) is 1.91. The topological polar surface area (TPSA) is 15.3 Å². The summed E-state index contributed by atoms with van der Waals surface area (Å²) in [6.45, 7) is 4.05. The van der Waals surface area contributed by atoms with E-state index in [0.29, 0.717) is 18.2 Å². The molecule has 1 fully saturated rings. The second-order valence-electron chi connectivity index (χ2n) is 5.93. The molecule has 21 heavy (non-hydrogen) atoms. The number of nitrogens with zero attached hydrogens (tertiary/aromatic N) is 1. The fourth-order valence-electron chi connectivity index (χ4n) is 2.62. The molecule has 2 nitrogen and oxygen atoms in total. The van der Waals surface area contributed by atoms with Crippen molar-refractivity contribution >= 4 is 0 Å². The molecule has 1 aromatic carbocycles. The van der Waals surface area contributed by atoms with Gasteiger partial charge in [-0.05, 0) is 50.6 Å². The van der Waals surface area contributed by atoms with Gasteiger partial charge in [0.1, 0.15) is 5.82 Å². The van der Waals surface area contributed by atoms with E-state index in [9.17, 15) is 17.6 Å². The van der Waals surface area contributed by atoms with Gasteiger partial charge in [0.2, 0.25) is 0 Å². The molecule has 0 amide bonds. The molecule has 1 N–H and O–H groups in total. The standard InChI is InChI=1S/C15H20F4N2/c1-14(20-2)3-5-21(6-4-14)10-11-7-12(15(17,18)19)9-13(16)8-11/h7-9,20H,3-6,10H2,1-2H3. The molecule has 0 aliphatic carbocycles. The van der Waals surface area contributed by atoms with Gasteiger partial charge in [-0.1, -0.05) is 0 Å². The molecule has 118 valence electrons. The third kappa shape index (κ3) is 4.17. The lowest BCUT2D eigenvalue weighted by molar-refractivity contribution is -0.137. The fraction of sp³-hybridized carbons (Fsp3) is 0.600. The summed E-state index contributed by atoms with van der Waals surface area (Å²) in [4.78, 5) is 2.06. The lowest BCUT2D eigenvalue weighted by Gasteiger charge is -2.39. The summed E-state index contributed by atoms with van der Waals surface area (Å²) in [6.07, 6.45) is -2.67. The number of likely N-dealkylation sites (tertiary alicyclic amines) is 1. The Labute approximate surface area is 122 Å². The molecule has 6 heteroatoms. The minimum atomic E-state index is -4.51. The zero-order valence-electron chi connectivity index (χ0n) is 12.2. The SMILES string of the molecule is CNC1(C)CCN(Cc2cc(F)cc(C(F)(F)F)c2)CC1. The maximum atomic E-state index is 13.4. The van der Waals surface area contributed by atoms with Gasteiger partial charge in [-0.2, -0.15) is 13.2 Å². The van der Waals surface area contributed by atoms with Gasteiger partial charge in [-0.15, -0.1) is 0 Å². The van der Waals surface area contributed by atoms with Gasteiger partial charge in [0, 0.05) is 25.2 Å². The van der Waals surface area contributed by atoms with Gasteiger partial charge >= 0.3 is 6.18 Å². The first-order chi connectivity index (χ1) is 9.72. The molecule has 0 bridgehead atoms. The highest BCUT2D eigenvalue weighted by Crippen LogP contribution is 2.31. The molecule has 1 aromatic rings. The van der Waals surface area contributed by atoms with Crippen LogP contribution in [0.2, 0.25) is 0 Å². The Balaban J connectivity index is 2.06. The number of rotatable bonds is 3. The highest BCUT2D eigenvalue weighted by atomic mass is 19.4. The average molecular weight is 304 g/mol. The minimum absolute atomic E-state index is 0.0789. The van der Waals surface area contributed by atoms with E-state index in [0.717, 1.165) is 32.0 Å². The van der Waals surface area contributed by atoms with Crippen LogP contribution in [0.15, 0.2) is 18.2 Å². The average Bonchev–Trinajstić information content (AvgIpc) is 2.40. The summed E-state index contributed by atoms with van der Waals surface area (Å²) < 4.78 is 51.4. The van der Waals surface area contributed by atoms with Crippen LogP contribution in [0.1, 0.15) is 30.9 Å². The van der Waals surface area contributed by atoms with Crippen LogP contribution in [-0.4, -0.2) is 30.6 Å². The molecule has 0 unspecified atom stereocenters. The van der Waals surface area contributed by atoms with Crippen LogP contribution in [-0.2, 0) is 12.7 Å². The molecule has 0 aromatic heterocycles. The van der Waals surface area contributed by atoms with Gasteiger partial charge in [-0.3, -0.25) is 4.90 Å². The largest absolute Gasteiger partial charge is 0.416 e. The first kappa shape index (κ1) is 16.2. The first-order valence-corrected chi connectivity index (χ1v) is 7.00. The Morgan fingerprint density at radius 2 is 1.81 bits per heavy atom. The van der Waals surface area contributed by atoms with Crippen LogP contribution in [0.25, 0.3) is 0 Å². The van der Waals surface area contributed by atoms with E-state index in [1.54, 1.807) is 0 Å². The van der Waals surface area contributed by atoms with Crippen molar-refractivity contribution in [2.45, 2.75) is 38.0 Å². The van der Waals surface area contributed by atoms with E-state index in [1.165, 1.54) is 6.07 Å². The molecular formula is C15H20F4N2. The Bertz CT molecular complexity index is 491. The summed E-state index contributed by atoms with van der Waals surface area (Å²) in [5, 5.41) is 3.27. The van der Waals surface area contributed by atoms with E-state index in [4.69, 9.17) is 0 Å². The predicted molar refractivity (Wildman–Crippen MR) is 73.4 cm³/mol. The first-order valence-electron chi connectivity index (χ1n) is 7.00. The van der Waals surface area contributed by atoms with E-state index >= 15 is 0 Å². The van der Waals surface area contributed by atoms with Crippen molar-refractivity contribution in [1.29, 1.82) is 0 Å². The van der Waals surface area contributed by atoms with E-state index in [2.05, 4.69) is 17.1 Å². The van der Waals surface area contributed by atoms with Crippen LogP contribution in [0.5, 0.6) is 0 Å². The zero-order chi connectivity index (χ0) is 15.7. The van der Waals surface area contributed by atoms with Gasteiger partial charge in [0.05, 0.1) is 5.56 Å². The van der Waals surface area contributed by atoms with Crippen molar-refractivity contribution in [3.63, 3.8) is 0 Å². The van der Waals surface area contributed by atoms with Crippen molar-refractivity contribution in [2.75, 3.05) is 20.1 Å². The van der Waals surface area contributed by atoms with Crippen LogP contribution >= 0.6 is 0 Å². The summed E-state index contributed by atoms with van der Waals surface area (Å²) in [5.41, 5.74) is -0.472. The molecule has 1 heterocycles.